The topological polar surface area (TPSA) is 68.5 Å². The molecule has 0 aliphatic carbocycles. The molecule has 0 bridgehead atoms. The van der Waals surface area contributed by atoms with Crippen molar-refractivity contribution < 1.29 is 0 Å². The van der Waals surface area contributed by atoms with Crippen LogP contribution in [0.5, 0.6) is 0 Å². The van der Waals surface area contributed by atoms with Crippen molar-refractivity contribution in [3.8, 4) is 0 Å². The molecule has 60 valence electrons. The summed E-state index contributed by atoms with van der Waals surface area (Å²) in [5, 5.41) is 3.92. The van der Waals surface area contributed by atoms with Crippen molar-refractivity contribution in [3.05, 3.63) is 31.1 Å². The van der Waals surface area contributed by atoms with Crippen LogP contribution < -0.4 is 5.43 Å². The van der Waals surface area contributed by atoms with Gasteiger partial charge in [-0.05, 0) is 6.07 Å². The van der Waals surface area contributed by atoms with E-state index in [4.69, 9.17) is 0 Å². The van der Waals surface area contributed by atoms with Gasteiger partial charge >= 0.3 is 0 Å². The van der Waals surface area contributed by atoms with Crippen LogP contribution in [0.1, 0.15) is 0 Å². The first-order chi connectivity index (χ1) is 5.95. The molecule has 0 aliphatic rings. The Balaban J connectivity index is 2.15. The molecule has 2 rings (SSSR count). The first kappa shape index (κ1) is 6.71. The normalized spacial score (nSPS) is 9.67. The van der Waals surface area contributed by atoms with Gasteiger partial charge in [0.2, 0.25) is 5.95 Å². The zero-order valence-electron chi connectivity index (χ0n) is 6.12. The van der Waals surface area contributed by atoms with E-state index in [0.29, 0.717) is 5.95 Å². The van der Waals surface area contributed by atoms with E-state index in [-0.39, 0.29) is 0 Å². The van der Waals surface area contributed by atoms with E-state index in [1.54, 1.807) is 18.5 Å². The van der Waals surface area contributed by atoms with E-state index in [2.05, 4.69) is 25.5 Å². The van der Waals surface area contributed by atoms with Crippen LogP contribution in [0, 0.1) is 0 Å². The van der Waals surface area contributed by atoms with Crippen molar-refractivity contribution in [3.63, 3.8) is 0 Å². The van der Waals surface area contributed by atoms with Crippen LogP contribution in [0.4, 0.5) is 5.95 Å². The summed E-state index contributed by atoms with van der Waals surface area (Å²) in [7, 11) is 0. The lowest BCUT2D eigenvalue weighted by Gasteiger charge is -2.00. The highest BCUT2D eigenvalue weighted by atomic mass is 15.6. The Morgan fingerprint density at radius 2 is 2.08 bits per heavy atom. The Morgan fingerprint density at radius 1 is 1.25 bits per heavy atom. The minimum absolute atomic E-state index is 0.466. The molecule has 0 saturated heterocycles. The predicted molar refractivity (Wildman–Crippen MR) is 41.1 cm³/mol. The van der Waals surface area contributed by atoms with Gasteiger partial charge in [-0.2, -0.15) is 19.9 Å². The molecular formula is C6H6N6. The molecule has 6 heteroatoms. The molecule has 2 aromatic heterocycles. The van der Waals surface area contributed by atoms with Crippen molar-refractivity contribution in [1.29, 1.82) is 0 Å². The van der Waals surface area contributed by atoms with Crippen molar-refractivity contribution >= 4 is 5.95 Å². The molecule has 0 aromatic carbocycles. The number of aromatic nitrogens is 5. The Morgan fingerprint density at radius 3 is 2.75 bits per heavy atom. The van der Waals surface area contributed by atoms with E-state index >= 15 is 0 Å². The van der Waals surface area contributed by atoms with Gasteiger partial charge in [-0.15, -0.1) is 0 Å². The number of rotatable bonds is 2. The minimum Gasteiger partial charge on any atom is -0.245 e. The molecule has 0 spiro atoms. The van der Waals surface area contributed by atoms with Crippen LogP contribution in [-0.2, 0) is 0 Å². The lowest BCUT2D eigenvalue weighted by molar-refractivity contribution is 0.782. The standard InChI is InChI=1S/C6H6N6/c1-2-10-12(3-1)11-6-8-4-7-5-9-6/h1-5H,(H,7,8,9,11). The predicted octanol–water partition coefficient (Wildman–Crippen LogP) is -0.0567. The number of hydrogen-bond acceptors (Lipinski definition) is 5. The fourth-order valence-electron chi connectivity index (χ4n) is 0.734. The molecule has 6 nitrogen and oxygen atoms in total. The number of nitrogens with zero attached hydrogens (tertiary/aromatic N) is 5. The van der Waals surface area contributed by atoms with Crippen LogP contribution in [0.25, 0.3) is 0 Å². The van der Waals surface area contributed by atoms with E-state index < -0.39 is 0 Å². The second-order valence-electron chi connectivity index (χ2n) is 2.02. The van der Waals surface area contributed by atoms with Crippen LogP contribution in [0.15, 0.2) is 31.1 Å². The first-order valence-electron chi connectivity index (χ1n) is 3.34. The van der Waals surface area contributed by atoms with Gasteiger partial charge in [0, 0.05) is 6.20 Å². The highest BCUT2D eigenvalue weighted by molar-refractivity contribution is 5.19. The van der Waals surface area contributed by atoms with Crippen molar-refractivity contribution in [2.75, 3.05) is 5.43 Å². The lowest BCUT2D eigenvalue weighted by Crippen LogP contribution is -2.11. The van der Waals surface area contributed by atoms with Crippen LogP contribution in [-0.4, -0.2) is 24.8 Å². The van der Waals surface area contributed by atoms with Crippen LogP contribution >= 0.6 is 0 Å². The molecule has 2 aromatic rings. The van der Waals surface area contributed by atoms with Crippen LogP contribution in [0.2, 0.25) is 0 Å². The zero-order chi connectivity index (χ0) is 8.23. The molecule has 0 amide bonds. The van der Waals surface area contributed by atoms with Crippen molar-refractivity contribution in [1.82, 2.24) is 24.8 Å². The fraction of sp³-hybridized carbons (Fsp3) is 0. The van der Waals surface area contributed by atoms with E-state index in [9.17, 15) is 0 Å². The van der Waals surface area contributed by atoms with E-state index in [0.717, 1.165) is 0 Å². The smallest absolute Gasteiger partial charge is 0.245 e. The molecule has 2 heterocycles. The van der Waals surface area contributed by atoms with Crippen molar-refractivity contribution in [2.24, 2.45) is 0 Å². The summed E-state index contributed by atoms with van der Waals surface area (Å²) in [6, 6.07) is 1.80. The Hall–Kier alpha value is -1.98. The molecular weight excluding hydrogens is 156 g/mol. The maximum atomic E-state index is 3.92. The highest BCUT2D eigenvalue weighted by Crippen LogP contribution is 1.91. The van der Waals surface area contributed by atoms with Crippen LogP contribution in [0.3, 0.4) is 0 Å². The monoisotopic (exact) mass is 162 g/mol. The van der Waals surface area contributed by atoms with E-state index in [1.807, 2.05) is 0 Å². The molecule has 12 heavy (non-hydrogen) atoms. The SMILES string of the molecule is c1cnn(Nc2ncncn2)c1. The number of anilines is 1. The average Bonchev–Trinajstić information content (AvgIpc) is 2.59. The van der Waals surface area contributed by atoms with Gasteiger partial charge < -0.3 is 0 Å². The maximum absolute atomic E-state index is 3.92. The Labute approximate surface area is 68.3 Å². The third-order valence-corrected chi connectivity index (χ3v) is 1.21. The summed E-state index contributed by atoms with van der Waals surface area (Å²) in [4.78, 5) is 12.9. The summed E-state index contributed by atoms with van der Waals surface area (Å²) in [5.74, 6) is 0.466. The Bertz CT molecular complexity index is 328. The number of hydrogen-bond donors (Lipinski definition) is 1. The first-order valence-corrected chi connectivity index (χ1v) is 3.34. The number of nitrogens with one attached hydrogen (secondary N) is 1. The minimum atomic E-state index is 0.466. The van der Waals surface area contributed by atoms with Gasteiger partial charge in [0.05, 0.1) is 6.20 Å². The van der Waals surface area contributed by atoms with Crippen molar-refractivity contribution in [2.45, 2.75) is 0 Å². The third kappa shape index (κ3) is 1.36. The lowest BCUT2D eigenvalue weighted by atomic mass is 10.8. The fourth-order valence-corrected chi connectivity index (χ4v) is 0.734. The molecule has 0 saturated carbocycles. The zero-order valence-corrected chi connectivity index (χ0v) is 6.12. The summed E-state index contributed by atoms with van der Waals surface area (Å²) < 4.78 is 0. The van der Waals surface area contributed by atoms with Gasteiger partial charge in [0.1, 0.15) is 12.7 Å². The summed E-state index contributed by atoms with van der Waals surface area (Å²) in [5.41, 5.74) is 2.83. The van der Waals surface area contributed by atoms with Gasteiger partial charge in [-0.3, -0.25) is 0 Å². The van der Waals surface area contributed by atoms with Gasteiger partial charge in [0.25, 0.3) is 0 Å². The molecule has 1 N–H and O–H groups in total. The van der Waals surface area contributed by atoms with E-state index in [1.165, 1.54) is 17.4 Å². The highest BCUT2D eigenvalue weighted by Gasteiger charge is 1.92. The average molecular weight is 162 g/mol. The molecule has 0 unspecified atom stereocenters. The largest absolute Gasteiger partial charge is 0.246 e. The Kier molecular flexibility index (Phi) is 1.65. The van der Waals surface area contributed by atoms with Gasteiger partial charge in [0.15, 0.2) is 0 Å². The second kappa shape index (κ2) is 2.95. The second-order valence-corrected chi connectivity index (χ2v) is 2.02. The summed E-state index contributed by atoms with van der Waals surface area (Å²) in [6.45, 7) is 0. The molecule has 0 aliphatic heterocycles. The van der Waals surface area contributed by atoms with Gasteiger partial charge in [-0.1, -0.05) is 0 Å². The molecule has 0 radical (unpaired) electrons. The summed E-state index contributed by atoms with van der Waals surface area (Å²) in [6.07, 6.45) is 6.25. The molecule has 0 fully saturated rings. The maximum Gasteiger partial charge on any atom is 0.246 e. The molecule has 0 atom stereocenters. The summed E-state index contributed by atoms with van der Waals surface area (Å²) >= 11 is 0. The quantitative estimate of drug-likeness (QED) is 0.670. The third-order valence-electron chi connectivity index (χ3n) is 1.21. The van der Waals surface area contributed by atoms with Gasteiger partial charge in [-0.25, -0.2) is 10.4 Å².